The summed E-state index contributed by atoms with van der Waals surface area (Å²) in [5.41, 5.74) is 0. The molecule has 4 nitrogen and oxygen atoms in total. The van der Waals surface area contributed by atoms with Crippen molar-refractivity contribution in [2.24, 2.45) is 5.92 Å². The second-order valence-corrected chi connectivity index (χ2v) is 5.23. The Bertz CT molecular complexity index is 279. The van der Waals surface area contributed by atoms with Gasteiger partial charge in [-0.1, -0.05) is 13.0 Å². The number of nitrogens with one attached hydrogen (secondary N) is 1. The van der Waals surface area contributed by atoms with E-state index in [4.69, 9.17) is 9.84 Å². The molecule has 17 heavy (non-hydrogen) atoms. The minimum Gasteiger partial charge on any atom is -0.396 e. The molecule has 0 aromatic carbocycles. The SMILES string of the molecule is CC(CO)CNCC(O)COCc1cccs1. The third-order valence-electron chi connectivity index (χ3n) is 2.32. The van der Waals surface area contributed by atoms with Crippen LogP contribution in [0.3, 0.4) is 0 Å². The summed E-state index contributed by atoms with van der Waals surface area (Å²) >= 11 is 1.65. The number of aliphatic hydroxyl groups is 2. The molecule has 0 amide bonds. The van der Waals surface area contributed by atoms with Crippen molar-refractivity contribution in [1.82, 2.24) is 5.32 Å². The van der Waals surface area contributed by atoms with Crippen molar-refractivity contribution in [3.8, 4) is 0 Å². The van der Waals surface area contributed by atoms with Crippen molar-refractivity contribution in [2.45, 2.75) is 19.6 Å². The molecule has 1 rings (SSSR count). The maximum atomic E-state index is 9.62. The number of thiophene rings is 1. The molecular weight excluding hydrogens is 238 g/mol. The molecule has 1 aromatic rings. The second kappa shape index (κ2) is 8.60. The lowest BCUT2D eigenvalue weighted by atomic mass is 10.2. The topological polar surface area (TPSA) is 61.7 Å². The first-order chi connectivity index (χ1) is 8.22. The van der Waals surface area contributed by atoms with Gasteiger partial charge in [-0.15, -0.1) is 11.3 Å². The van der Waals surface area contributed by atoms with E-state index >= 15 is 0 Å². The summed E-state index contributed by atoms with van der Waals surface area (Å²) in [6.45, 7) is 4.21. The fourth-order valence-corrected chi connectivity index (χ4v) is 1.95. The van der Waals surface area contributed by atoms with Crippen LogP contribution in [0.25, 0.3) is 0 Å². The smallest absolute Gasteiger partial charge is 0.0897 e. The third-order valence-corrected chi connectivity index (χ3v) is 3.17. The van der Waals surface area contributed by atoms with Gasteiger partial charge in [-0.3, -0.25) is 0 Å². The van der Waals surface area contributed by atoms with Crippen LogP contribution in [-0.4, -0.2) is 42.6 Å². The first-order valence-corrected chi connectivity index (χ1v) is 6.70. The van der Waals surface area contributed by atoms with E-state index < -0.39 is 6.10 Å². The zero-order valence-electron chi connectivity index (χ0n) is 10.1. The molecular formula is C12H21NO3S. The van der Waals surface area contributed by atoms with Crippen LogP contribution in [0.15, 0.2) is 17.5 Å². The van der Waals surface area contributed by atoms with E-state index in [9.17, 15) is 5.11 Å². The Balaban J connectivity index is 1.99. The van der Waals surface area contributed by atoms with E-state index in [2.05, 4.69) is 5.32 Å². The van der Waals surface area contributed by atoms with Crippen molar-refractivity contribution >= 4 is 11.3 Å². The molecule has 0 aliphatic rings. The van der Waals surface area contributed by atoms with Crippen LogP contribution >= 0.6 is 11.3 Å². The molecule has 0 saturated carbocycles. The summed E-state index contributed by atoms with van der Waals surface area (Å²) in [6, 6.07) is 4.00. The van der Waals surface area contributed by atoms with Crippen molar-refractivity contribution < 1.29 is 14.9 Å². The zero-order valence-corrected chi connectivity index (χ0v) is 10.9. The van der Waals surface area contributed by atoms with Gasteiger partial charge in [0.05, 0.1) is 19.3 Å². The lowest BCUT2D eigenvalue weighted by Gasteiger charge is -2.14. The lowest BCUT2D eigenvalue weighted by Crippen LogP contribution is -2.33. The molecule has 2 atom stereocenters. The normalized spacial score (nSPS) is 14.8. The molecule has 0 fully saturated rings. The summed E-state index contributed by atoms with van der Waals surface area (Å²) < 4.78 is 5.39. The highest BCUT2D eigenvalue weighted by Gasteiger charge is 2.05. The molecule has 0 aliphatic heterocycles. The summed E-state index contributed by atoms with van der Waals surface area (Å²) in [4.78, 5) is 1.17. The molecule has 2 unspecified atom stereocenters. The number of rotatable bonds is 9. The predicted octanol–water partition coefficient (Wildman–Crippen LogP) is 0.844. The van der Waals surface area contributed by atoms with Crippen molar-refractivity contribution in [3.05, 3.63) is 22.4 Å². The Morgan fingerprint density at radius 1 is 1.47 bits per heavy atom. The standard InChI is InChI=1S/C12H21NO3S/c1-10(7-14)5-13-6-11(15)8-16-9-12-3-2-4-17-12/h2-4,10-11,13-15H,5-9H2,1H3. The maximum Gasteiger partial charge on any atom is 0.0897 e. The van der Waals surface area contributed by atoms with Gasteiger partial charge >= 0.3 is 0 Å². The average Bonchev–Trinajstić information content (AvgIpc) is 2.82. The molecule has 0 spiro atoms. The number of ether oxygens (including phenoxy) is 1. The Morgan fingerprint density at radius 3 is 2.94 bits per heavy atom. The van der Waals surface area contributed by atoms with Gasteiger partial charge in [0.1, 0.15) is 0 Å². The van der Waals surface area contributed by atoms with E-state index in [0.29, 0.717) is 26.3 Å². The summed E-state index contributed by atoms with van der Waals surface area (Å²) in [5.74, 6) is 0.217. The molecule has 1 aromatic heterocycles. The van der Waals surface area contributed by atoms with Gasteiger partial charge in [0, 0.05) is 18.0 Å². The quantitative estimate of drug-likeness (QED) is 0.615. The fraction of sp³-hybridized carbons (Fsp3) is 0.667. The summed E-state index contributed by atoms with van der Waals surface area (Å²) in [7, 11) is 0. The van der Waals surface area contributed by atoms with Gasteiger partial charge in [-0.05, 0) is 23.9 Å². The molecule has 3 N–H and O–H groups in total. The van der Waals surface area contributed by atoms with Crippen molar-refractivity contribution in [2.75, 3.05) is 26.3 Å². The van der Waals surface area contributed by atoms with Gasteiger partial charge in [0.2, 0.25) is 0 Å². The van der Waals surface area contributed by atoms with Gasteiger partial charge in [0.15, 0.2) is 0 Å². The third kappa shape index (κ3) is 6.75. The maximum absolute atomic E-state index is 9.62. The van der Waals surface area contributed by atoms with Gasteiger partial charge in [-0.25, -0.2) is 0 Å². The van der Waals surface area contributed by atoms with Gasteiger partial charge in [0.25, 0.3) is 0 Å². The van der Waals surface area contributed by atoms with Crippen LogP contribution in [0.1, 0.15) is 11.8 Å². The van der Waals surface area contributed by atoms with Gasteiger partial charge < -0.3 is 20.3 Å². The summed E-state index contributed by atoms with van der Waals surface area (Å²) in [5, 5.41) is 23.5. The molecule has 0 bridgehead atoms. The molecule has 0 radical (unpaired) electrons. The fourth-order valence-electron chi connectivity index (χ4n) is 1.31. The Hall–Kier alpha value is -0.460. The Labute approximate surface area is 106 Å². The van der Waals surface area contributed by atoms with Crippen molar-refractivity contribution in [1.29, 1.82) is 0 Å². The van der Waals surface area contributed by atoms with Crippen LogP contribution in [-0.2, 0) is 11.3 Å². The predicted molar refractivity (Wildman–Crippen MR) is 69.1 cm³/mol. The summed E-state index contributed by atoms with van der Waals surface area (Å²) in [6.07, 6.45) is -0.499. The highest BCUT2D eigenvalue weighted by Crippen LogP contribution is 2.09. The largest absolute Gasteiger partial charge is 0.396 e. The van der Waals surface area contributed by atoms with Gasteiger partial charge in [-0.2, -0.15) is 0 Å². The number of hydrogen-bond donors (Lipinski definition) is 3. The number of aliphatic hydroxyl groups excluding tert-OH is 2. The highest BCUT2D eigenvalue weighted by molar-refractivity contribution is 7.09. The van der Waals surface area contributed by atoms with E-state index in [1.807, 2.05) is 24.4 Å². The highest BCUT2D eigenvalue weighted by atomic mass is 32.1. The number of hydrogen-bond acceptors (Lipinski definition) is 5. The molecule has 0 aliphatic carbocycles. The Kier molecular flexibility index (Phi) is 7.39. The van der Waals surface area contributed by atoms with E-state index in [1.54, 1.807) is 11.3 Å². The van der Waals surface area contributed by atoms with Crippen LogP contribution in [0.2, 0.25) is 0 Å². The van der Waals surface area contributed by atoms with E-state index in [1.165, 1.54) is 4.88 Å². The van der Waals surface area contributed by atoms with Crippen molar-refractivity contribution in [3.63, 3.8) is 0 Å². The zero-order chi connectivity index (χ0) is 12.5. The van der Waals surface area contributed by atoms with Crippen LogP contribution in [0.5, 0.6) is 0 Å². The average molecular weight is 259 g/mol. The van der Waals surface area contributed by atoms with E-state index in [-0.39, 0.29) is 12.5 Å². The monoisotopic (exact) mass is 259 g/mol. The first kappa shape index (κ1) is 14.6. The first-order valence-electron chi connectivity index (χ1n) is 5.82. The minimum absolute atomic E-state index is 0.165. The molecule has 1 heterocycles. The second-order valence-electron chi connectivity index (χ2n) is 4.19. The molecule has 98 valence electrons. The van der Waals surface area contributed by atoms with Crippen LogP contribution in [0.4, 0.5) is 0 Å². The van der Waals surface area contributed by atoms with E-state index in [0.717, 1.165) is 0 Å². The minimum atomic E-state index is -0.499. The van der Waals surface area contributed by atoms with Crippen LogP contribution < -0.4 is 5.32 Å². The lowest BCUT2D eigenvalue weighted by molar-refractivity contribution is 0.0293. The molecule has 0 saturated heterocycles. The molecule has 5 heteroatoms. The van der Waals surface area contributed by atoms with Crippen LogP contribution in [0, 0.1) is 5.92 Å². The Morgan fingerprint density at radius 2 is 2.29 bits per heavy atom.